The van der Waals surface area contributed by atoms with Crippen molar-refractivity contribution in [2.24, 2.45) is 0 Å². The Morgan fingerprint density at radius 1 is 1.45 bits per heavy atom. The maximum Gasteiger partial charge on any atom is 0.341 e. The van der Waals surface area contributed by atoms with Crippen LogP contribution in [-0.2, 0) is 0 Å². The van der Waals surface area contributed by atoms with Gasteiger partial charge in [0.1, 0.15) is 11.4 Å². The van der Waals surface area contributed by atoms with Gasteiger partial charge in [0.2, 0.25) is 5.43 Å². The summed E-state index contributed by atoms with van der Waals surface area (Å²) in [5, 5.41) is 9.31. The molecule has 1 aliphatic carbocycles. The molecule has 0 spiro atoms. The summed E-state index contributed by atoms with van der Waals surface area (Å²) < 4.78 is 16.1. The molecule has 1 N–H and O–H groups in total. The molecular formula is C16H17FN2O3. The fourth-order valence-corrected chi connectivity index (χ4v) is 2.63. The molecule has 0 atom stereocenters. The number of hydrogen-bond acceptors (Lipinski definition) is 3. The van der Waals surface area contributed by atoms with Crippen molar-refractivity contribution in [1.29, 1.82) is 0 Å². The molecule has 2 aromatic rings. The molecular weight excluding hydrogens is 287 g/mol. The zero-order valence-corrected chi connectivity index (χ0v) is 12.5. The monoisotopic (exact) mass is 304 g/mol. The minimum Gasteiger partial charge on any atom is -0.477 e. The topological polar surface area (TPSA) is 62.5 Å². The molecule has 0 radical (unpaired) electrons. The van der Waals surface area contributed by atoms with E-state index in [1.807, 2.05) is 6.92 Å². The fraction of sp³-hybridized carbons (Fsp3) is 0.375. The van der Waals surface area contributed by atoms with E-state index in [4.69, 9.17) is 0 Å². The quantitative estimate of drug-likeness (QED) is 0.943. The van der Waals surface area contributed by atoms with E-state index in [2.05, 4.69) is 0 Å². The summed E-state index contributed by atoms with van der Waals surface area (Å²) in [6.45, 7) is 2.54. The molecule has 116 valence electrons. The fourth-order valence-electron chi connectivity index (χ4n) is 2.63. The van der Waals surface area contributed by atoms with Gasteiger partial charge in [0.25, 0.3) is 0 Å². The zero-order valence-electron chi connectivity index (χ0n) is 12.5. The molecule has 1 aromatic carbocycles. The summed E-state index contributed by atoms with van der Waals surface area (Å²) in [5.41, 5.74) is 0.0560. The average Bonchev–Trinajstić information content (AvgIpc) is 3.31. The van der Waals surface area contributed by atoms with Crippen LogP contribution in [0, 0.1) is 5.82 Å². The van der Waals surface area contributed by atoms with Crippen molar-refractivity contribution in [2.45, 2.75) is 25.8 Å². The number of pyridine rings is 1. The molecule has 0 bridgehead atoms. The van der Waals surface area contributed by atoms with Gasteiger partial charge < -0.3 is 14.6 Å². The highest BCUT2D eigenvalue weighted by Crippen LogP contribution is 2.38. The Morgan fingerprint density at radius 3 is 2.68 bits per heavy atom. The van der Waals surface area contributed by atoms with Crippen LogP contribution in [-0.4, -0.2) is 29.2 Å². The van der Waals surface area contributed by atoms with Crippen LogP contribution in [0.25, 0.3) is 10.9 Å². The summed E-state index contributed by atoms with van der Waals surface area (Å²) in [7, 11) is 1.77. The molecule has 0 amide bonds. The van der Waals surface area contributed by atoms with E-state index in [9.17, 15) is 19.1 Å². The number of halogens is 1. The minimum absolute atomic E-state index is 0.123. The molecule has 0 aliphatic heterocycles. The van der Waals surface area contributed by atoms with E-state index in [1.54, 1.807) is 22.6 Å². The molecule has 6 heteroatoms. The molecule has 1 heterocycles. The molecule has 1 aromatic heterocycles. The standard InChI is InChI=1S/C16H17FN2O3/c1-3-18(2)14-7-13-10(6-12(14)17)15(20)11(16(21)22)8-19(13)9-4-5-9/h6-9H,3-5H2,1-2H3,(H,21,22). The second kappa shape index (κ2) is 5.12. The Balaban J connectivity index is 2.36. The highest BCUT2D eigenvalue weighted by Gasteiger charge is 2.27. The Kier molecular flexibility index (Phi) is 3.39. The first-order chi connectivity index (χ1) is 10.4. The van der Waals surface area contributed by atoms with Crippen LogP contribution in [0.1, 0.15) is 36.2 Å². The normalized spacial score (nSPS) is 14.3. The number of aromatic carboxylic acids is 1. The lowest BCUT2D eigenvalue weighted by atomic mass is 10.1. The van der Waals surface area contributed by atoms with Crippen molar-refractivity contribution < 1.29 is 14.3 Å². The predicted octanol–water partition coefficient (Wildman–Crippen LogP) is 2.63. The van der Waals surface area contributed by atoms with Gasteiger partial charge in [0.15, 0.2) is 0 Å². The highest BCUT2D eigenvalue weighted by molar-refractivity contribution is 5.93. The Morgan fingerprint density at radius 2 is 2.14 bits per heavy atom. The molecule has 1 saturated carbocycles. The summed E-state index contributed by atoms with van der Waals surface area (Å²) in [4.78, 5) is 25.3. The Labute approximate surface area is 126 Å². The number of benzene rings is 1. The van der Waals surface area contributed by atoms with E-state index in [0.29, 0.717) is 17.7 Å². The van der Waals surface area contributed by atoms with Crippen LogP contribution < -0.4 is 10.3 Å². The molecule has 1 aliphatic rings. The first-order valence-electron chi connectivity index (χ1n) is 7.26. The van der Waals surface area contributed by atoms with Crippen molar-refractivity contribution in [3.05, 3.63) is 39.9 Å². The van der Waals surface area contributed by atoms with Gasteiger partial charge in [-0.1, -0.05) is 0 Å². The molecule has 0 saturated heterocycles. The van der Waals surface area contributed by atoms with Crippen molar-refractivity contribution in [1.82, 2.24) is 4.57 Å². The maximum absolute atomic E-state index is 14.3. The largest absolute Gasteiger partial charge is 0.477 e. The molecule has 3 rings (SSSR count). The maximum atomic E-state index is 14.3. The lowest BCUT2D eigenvalue weighted by molar-refractivity contribution is 0.0695. The van der Waals surface area contributed by atoms with Gasteiger partial charge in [-0.05, 0) is 31.9 Å². The molecule has 0 unspecified atom stereocenters. The van der Waals surface area contributed by atoms with Crippen molar-refractivity contribution in [3.63, 3.8) is 0 Å². The van der Waals surface area contributed by atoms with Gasteiger partial charge in [0, 0.05) is 31.2 Å². The van der Waals surface area contributed by atoms with Gasteiger partial charge in [0.05, 0.1) is 11.2 Å². The average molecular weight is 304 g/mol. The summed E-state index contributed by atoms with van der Waals surface area (Å²) >= 11 is 0. The van der Waals surface area contributed by atoms with E-state index in [1.165, 1.54) is 6.20 Å². The predicted molar refractivity (Wildman–Crippen MR) is 82.3 cm³/mol. The van der Waals surface area contributed by atoms with Gasteiger partial charge in [-0.3, -0.25) is 4.79 Å². The number of aromatic nitrogens is 1. The summed E-state index contributed by atoms with van der Waals surface area (Å²) in [6.07, 6.45) is 3.26. The third kappa shape index (κ3) is 2.24. The number of fused-ring (bicyclic) bond motifs is 1. The zero-order chi connectivity index (χ0) is 16.0. The smallest absolute Gasteiger partial charge is 0.341 e. The number of anilines is 1. The second-order valence-electron chi connectivity index (χ2n) is 5.65. The second-order valence-corrected chi connectivity index (χ2v) is 5.65. The Bertz CT molecular complexity index is 824. The van der Waals surface area contributed by atoms with Gasteiger partial charge in [-0.15, -0.1) is 0 Å². The van der Waals surface area contributed by atoms with E-state index in [0.717, 1.165) is 18.9 Å². The third-order valence-electron chi connectivity index (χ3n) is 4.16. The van der Waals surface area contributed by atoms with E-state index >= 15 is 0 Å². The summed E-state index contributed by atoms with van der Waals surface area (Å²) in [6, 6.07) is 2.98. The first-order valence-corrected chi connectivity index (χ1v) is 7.26. The molecule has 22 heavy (non-hydrogen) atoms. The Hall–Kier alpha value is -2.37. The van der Waals surface area contributed by atoms with Crippen LogP contribution in [0.2, 0.25) is 0 Å². The number of carbonyl (C=O) groups is 1. The van der Waals surface area contributed by atoms with Gasteiger partial charge in [-0.25, -0.2) is 9.18 Å². The van der Waals surface area contributed by atoms with E-state index < -0.39 is 17.2 Å². The van der Waals surface area contributed by atoms with Crippen molar-refractivity contribution >= 4 is 22.6 Å². The van der Waals surface area contributed by atoms with Gasteiger partial charge >= 0.3 is 5.97 Å². The third-order valence-corrected chi connectivity index (χ3v) is 4.16. The number of carboxylic acid groups (broad SMARTS) is 1. The van der Waals surface area contributed by atoms with Gasteiger partial charge in [-0.2, -0.15) is 0 Å². The number of carboxylic acids is 1. The number of nitrogens with zero attached hydrogens (tertiary/aromatic N) is 2. The van der Waals surface area contributed by atoms with Crippen LogP contribution in [0.5, 0.6) is 0 Å². The number of rotatable bonds is 4. The highest BCUT2D eigenvalue weighted by atomic mass is 19.1. The van der Waals surface area contributed by atoms with Crippen LogP contribution >= 0.6 is 0 Å². The van der Waals surface area contributed by atoms with Crippen molar-refractivity contribution in [2.75, 3.05) is 18.5 Å². The SMILES string of the molecule is CCN(C)c1cc2c(cc1F)c(=O)c(C(=O)O)cn2C1CC1. The molecule has 1 fully saturated rings. The first kappa shape index (κ1) is 14.6. The van der Waals surface area contributed by atoms with Crippen molar-refractivity contribution in [3.8, 4) is 0 Å². The van der Waals surface area contributed by atoms with Crippen LogP contribution in [0.15, 0.2) is 23.1 Å². The minimum atomic E-state index is -1.28. The lowest BCUT2D eigenvalue weighted by Gasteiger charge is -2.20. The molecule has 5 nitrogen and oxygen atoms in total. The number of hydrogen-bond donors (Lipinski definition) is 1. The van der Waals surface area contributed by atoms with Crippen LogP contribution in [0.4, 0.5) is 10.1 Å². The lowest BCUT2D eigenvalue weighted by Crippen LogP contribution is -2.21. The van der Waals surface area contributed by atoms with Crippen LogP contribution in [0.3, 0.4) is 0 Å². The summed E-state index contributed by atoms with van der Waals surface area (Å²) in [5.74, 6) is -1.80. The van der Waals surface area contributed by atoms with E-state index in [-0.39, 0.29) is 17.0 Å².